The van der Waals surface area contributed by atoms with Crippen LogP contribution in [0.4, 0.5) is 5.95 Å². The average Bonchev–Trinajstić information content (AvgIpc) is 2.44. The van der Waals surface area contributed by atoms with Crippen LogP contribution in [0.2, 0.25) is 0 Å². The maximum Gasteiger partial charge on any atom is 0.330 e. The van der Waals surface area contributed by atoms with Crippen LogP contribution in [-0.2, 0) is 0 Å². The number of aryl methyl sites for hydroxylation is 1. The van der Waals surface area contributed by atoms with Crippen LogP contribution in [0.5, 0.6) is 17.8 Å². The molecule has 0 fully saturated rings. The molecule has 0 saturated heterocycles. The van der Waals surface area contributed by atoms with E-state index in [0.29, 0.717) is 12.4 Å². The third-order valence-corrected chi connectivity index (χ3v) is 2.75. The molecular weight excluding hydrogens is 258 g/mol. The number of nitrogens with zero attached hydrogens (tertiary/aromatic N) is 3. The number of anilines is 1. The molecule has 106 valence electrons. The highest BCUT2D eigenvalue weighted by atomic mass is 16.5. The number of nitrogens with two attached hydrogens (primary N) is 1. The van der Waals surface area contributed by atoms with Gasteiger partial charge < -0.3 is 9.47 Å². The summed E-state index contributed by atoms with van der Waals surface area (Å²) in [6.45, 7) is 6.26. The van der Waals surface area contributed by atoms with E-state index in [-0.39, 0.29) is 18.0 Å². The first-order valence-electron chi connectivity index (χ1n) is 6.23. The molecule has 2 rings (SSSR count). The van der Waals surface area contributed by atoms with Crippen molar-refractivity contribution in [2.45, 2.75) is 20.8 Å². The lowest BCUT2D eigenvalue weighted by Gasteiger charge is -2.10. The van der Waals surface area contributed by atoms with Crippen LogP contribution in [0.1, 0.15) is 18.1 Å². The smallest absolute Gasteiger partial charge is 0.330 e. The van der Waals surface area contributed by atoms with Crippen molar-refractivity contribution in [3.8, 4) is 17.8 Å². The SMILES string of the molecule is CCOc1nc(NN)nc(Oc2cccc(C)c2C)n1. The molecule has 0 bridgehead atoms. The van der Waals surface area contributed by atoms with Gasteiger partial charge in [0.15, 0.2) is 0 Å². The average molecular weight is 275 g/mol. The van der Waals surface area contributed by atoms with E-state index in [2.05, 4.69) is 20.4 Å². The molecule has 0 aliphatic carbocycles. The largest absolute Gasteiger partial charge is 0.464 e. The second kappa shape index (κ2) is 6.16. The van der Waals surface area contributed by atoms with Crippen LogP contribution >= 0.6 is 0 Å². The van der Waals surface area contributed by atoms with Crippen LogP contribution in [0.15, 0.2) is 18.2 Å². The van der Waals surface area contributed by atoms with Crippen molar-refractivity contribution in [3.63, 3.8) is 0 Å². The molecule has 7 nitrogen and oxygen atoms in total. The van der Waals surface area contributed by atoms with E-state index in [0.717, 1.165) is 11.1 Å². The van der Waals surface area contributed by atoms with E-state index in [4.69, 9.17) is 15.3 Å². The lowest BCUT2D eigenvalue weighted by atomic mass is 10.1. The minimum atomic E-state index is 0.130. The lowest BCUT2D eigenvalue weighted by molar-refractivity contribution is 0.303. The van der Waals surface area contributed by atoms with E-state index >= 15 is 0 Å². The Morgan fingerprint density at radius 2 is 1.90 bits per heavy atom. The highest BCUT2D eigenvalue weighted by Gasteiger charge is 2.10. The molecule has 0 aliphatic rings. The van der Waals surface area contributed by atoms with Crippen molar-refractivity contribution in [1.82, 2.24) is 15.0 Å². The Balaban J connectivity index is 2.32. The van der Waals surface area contributed by atoms with E-state index in [1.54, 1.807) is 0 Å². The van der Waals surface area contributed by atoms with Gasteiger partial charge >= 0.3 is 12.0 Å². The Hall–Kier alpha value is -2.41. The maximum atomic E-state index is 5.68. The van der Waals surface area contributed by atoms with E-state index < -0.39 is 0 Å². The summed E-state index contributed by atoms with van der Waals surface area (Å²) in [6.07, 6.45) is 0. The van der Waals surface area contributed by atoms with Crippen LogP contribution < -0.4 is 20.7 Å². The molecule has 3 N–H and O–H groups in total. The molecule has 2 aromatic rings. The van der Waals surface area contributed by atoms with Gasteiger partial charge in [-0.3, -0.25) is 5.43 Å². The van der Waals surface area contributed by atoms with Gasteiger partial charge in [-0.05, 0) is 38.0 Å². The number of hydrogen-bond donors (Lipinski definition) is 2. The third-order valence-electron chi connectivity index (χ3n) is 2.75. The topological polar surface area (TPSA) is 95.2 Å². The first kappa shape index (κ1) is 14.0. The van der Waals surface area contributed by atoms with Gasteiger partial charge in [0.05, 0.1) is 6.61 Å². The van der Waals surface area contributed by atoms with Crippen LogP contribution in [0.3, 0.4) is 0 Å². The molecular formula is C13H17N5O2. The molecule has 0 amide bonds. The lowest BCUT2D eigenvalue weighted by Crippen LogP contribution is -2.13. The number of hydrazine groups is 1. The summed E-state index contributed by atoms with van der Waals surface area (Å²) >= 11 is 0. The number of nitrogens with one attached hydrogen (secondary N) is 1. The van der Waals surface area contributed by atoms with Crippen molar-refractivity contribution in [1.29, 1.82) is 0 Å². The normalized spacial score (nSPS) is 10.2. The van der Waals surface area contributed by atoms with Crippen molar-refractivity contribution in [2.75, 3.05) is 12.0 Å². The number of rotatable bonds is 5. The van der Waals surface area contributed by atoms with Crippen LogP contribution in [0, 0.1) is 13.8 Å². The predicted molar refractivity (Wildman–Crippen MR) is 74.8 cm³/mol. The van der Waals surface area contributed by atoms with Crippen LogP contribution in [0.25, 0.3) is 0 Å². The highest BCUT2D eigenvalue weighted by Crippen LogP contribution is 2.25. The van der Waals surface area contributed by atoms with Gasteiger partial charge in [0.25, 0.3) is 0 Å². The summed E-state index contributed by atoms with van der Waals surface area (Å²) in [7, 11) is 0. The Bertz CT molecular complexity index is 603. The molecule has 20 heavy (non-hydrogen) atoms. The Labute approximate surface area is 117 Å². The zero-order valence-corrected chi connectivity index (χ0v) is 11.7. The van der Waals surface area contributed by atoms with E-state index in [1.165, 1.54) is 0 Å². The quantitative estimate of drug-likeness (QED) is 0.636. The zero-order chi connectivity index (χ0) is 14.5. The standard InChI is InChI=1S/C13H17N5O2/c1-4-19-12-15-11(18-14)16-13(17-12)20-10-7-5-6-8(2)9(10)3/h5-7H,4,14H2,1-3H3,(H,15,16,17,18). The summed E-state index contributed by atoms with van der Waals surface area (Å²) < 4.78 is 10.9. The molecule has 1 aromatic carbocycles. The molecule has 0 radical (unpaired) electrons. The summed E-state index contributed by atoms with van der Waals surface area (Å²) in [5.41, 5.74) is 4.50. The van der Waals surface area contributed by atoms with Crippen molar-refractivity contribution < 1.29 is 9.47 Å². The summed E-state index contributed by atoms with van der Waals surface area (Å²) in [5, 5.41) is 0. The second-order valence-electron chi connectivity index (χ2n) is 4.10. The first-order valence-corrected chi connectivity index (χ1v) is 6.23. The van der Waals surface area contributed by atoms with Crippen molar-refractivity contribution in [2.24, 2.45) is 5.84 Å². The zero-order valence-electron chi connectivity index (χ0n) is 11.7. The Morgan fingerprint density at radius 1 is 1.15 bits per heavy atom. The monoisotopic (exact) mass is 275 g/mol. The molecule has 0 saturated carbocycles. The number of hydrogen-bond acceptors (Lipinski definition) is 7. The molecule has 1 aromatic heterocycles. The fourth-order valence-electron chi connectivity index (χ4n) is 1.57. The Morgan fingerprint density at radius 3 is 2.60 bits per heavy atom. The fraction of sp³-hybridized carbons (Fsp3) is 0.308. The van der Waals surface area contributed by atoms with Crippen molar-refractivity contribution in [3.05, 3.63) is 29.3 Å². The molecule has 1 heterocycles. The van der Waals surface area contributed by atoms with Gasteiger partial charge in [-0.25, -0.2) is 5.84 Å². The summed E-state index contributed by atoms with van der Waals surface area (Å²) in [6, 6.07) is 6.06. The van der Waals surface area contributed by atoms with Crippen LogP contribution in [-0.4, -0.2) is 21.6 Å². The number of nitrogen functional groups attached to an aromatic ring is 1. The predicted octanol–water partition coefficient (Wildman–Crippen LogP) is 1.97. The number of benzene rings is 1. The molecule has 0 aliphatic heterocycles. The molecule has 0 unspecified atom stereocenters. The van der Waals surface area contributed by atoms with Crippen molar-refractivity contribution >= 4 is 5.95 Å². The van der Waals surface area contributed by atoms with E-state index in [1.807, 2.05) is 39.0 Å². The van der Waals surface area contributed by atoms with Gasteiger partial charge in [0.1, 0.15) is 5.75 Å². The number of ether oxygens (including phenoxy) is 2. The fourth-order valence-corrected chi connectivity index (χ4v) is 1.57. The molecule has 0 spiro atoms. The molecule has 0 atom stereocenters. The minimum absolute atomic E-state index is 0.130. The molecule has 7 heteroatoms. The van der Waals surface area contributed by atoms with Gasteiger partial charge in [-0.1, -0.05) is 12.1 Å². The third kappa shape index (κ3) is 3.12. The van der Waals surface area contributed by atoms with E-state index in [9.17, 15) is 0 Å². The maximum absolute atomic E-state index is 5.68. The highest BCUT2D eigenvalue weighted by molar-refractivity contribution is 5.40. The van der Waals surface area contributed by atoms with Gasteiger partial charge in [0.2, 0.25) is 5.95 Å². The van der Waals surface area contributed by atoms with Gasteiger partial charge in [-0.15, -0.1) is 4.98 Å². The summed E-state index contributed by atoms with van der Waals surface area (Å²) in [5.74, 6) is 6.18. The minimum Gasteiger partial charge on any atom is -0.464 e. The number of aromatic nitrogens is 3. The second-order valence-corrected chi connectivity index (χ2v) is 4.10. The first-order chi connectivity index (χ1) is 9.63. The Kier molecular flexibility index (Phi) is 4.31. The summed E-state index contributed by atoms with van der Waals surface area (Å²) in [4.78, 5) is 12.1. The van der Waals surface area contributed by atoms with Gasteiger partial charge in [0, 0.05) is 0 Å². The van der Waals surface area contributed by atoms with Gasteiger partial charge in [-0.2, -0.15) is 9.97 Å².